The first kappa shape index (κ1) is 20.6. The van der Waals surface area contributed by atoms with Gasteiger partial charge in [-0.1, -0.05) is 6.07 Å². The summed E-state index contributed by atoms with van der Waals surface area (Å²) in [7, 11) is 0. The molecule has 3 aromatic rings. The van der Waals surface area contributed by atoms with Crippen molar-refractivity contribution < 1.29 is 18.9 Å². The predicted molar refractivity (Wildman–Crippen MR) is 116 cm³/mol. The summed E-state index contributed by atoms with van der Waals surface area (Å²) in [6.07, 6.45) is 0. The van der Waals surface area contributed by atoms with Crippen LogP contribution in [-0.4, -0.2) is 13.2 Å². The van der Waals surface area contributed by atoms with Gasteiger partial charge in [-0.3, -0.25) is 0 Å². The predicted octanol–water partition coefficient (Wildman–Crippen LogP) is 6.99. The third kappa shape index (κ3) is 5.67. The summed E-state index contributed by atoms with van der Waals surface area (Å²) in [5.74, 6) is 4.52. The molecule has 0 radical (unpaired) electrons. The Labute approximate surface area is 173 Å². The average molecular weight is 392 g/mol. The van der Waals surface area contributed by atoms with Crippen molar-refractivity contribution in [2.24, 2.45) is 0 Å². The first-order chi connectivity index (χ1) is 14.0. The van der Waals surface area contributed by atoms with E-state index in [1.807, 2.05) is 89.2 Å². The van der Waals surface area contributed by atoms with Gasteiger partial charge in [-0.05, 0) is 81.6 Å². The molecule has 0 aliphatic rings. The summed E-state index contributed by atoms with van der Waals surface area (Å²) in [5.41, 5.74) is 3.19. The summed E-state index contributed by atoms with van der Waals surface area (Å²) in [4.78, 5) is 0. The molecule has 4 nitrogen and oxygen atoms in total. The summed E-state index contributed by atoms with van der Waals surface area (Å²) in [5, 5.41) is 0. The second-order valence-electron chi connectivity index (χ2n) is 6.96. The van der Waals surface area contributed by atoms with Crippen LogP contribution in [0.4, 0.5) is 0 Å². The maximum absolute atomic E-state index is 6.16. The lowest BCUT2D eigenvalue weighted by atomic mass is 10.2. The molecule has 0 aromatic heterocycles. The van der Waals surface area contributed by atoms with Crippen LogP contribution in [0.1, 0.15) is 30.5 Å². The normalized spacial score (nSPS) is 10.5. The molecular formula is C25H28O4. The minimum atomic E-state index is 0.617. The Kier molecular flexibility index (Phi) is 6.65. The molecule has 0 saturated heterocycles. The molecular weight excluding hydrogens is 364 g/mol. The van der Waals surface area contributed by atoms with Crippen molar-refractivity contribution in [3.8, 4) is 34.5 Å². The molecule has 0 unspecified atom stereocenters. The van der Waals surface area contributed by atoms with E-state index in [0.29, 0.717) is 19.0 Å². The number of benzene rings is 3. The van der Waals surface area contributed by atoms with Crippen LogP contribution in [0, 0.1) is 20.8 Å². The second-order valence-corrected chi connectivity index (χ2v) is 6.96. The van der Waals surface area contributed by atoms with E-state index in [0.717, 1.165) is 45.4 Å². The van der Waals surface area contributed by atoms with Crippen LogP contribution in [0.15, 0.2) is 54.6 Å². The van der Waals surface area contributed by atoms with Gasteiger partial charge in [-0.25, -0.2) is 0 Å². The van der Waals surface area contributed by atoms with Gasteiger partial charge in [0.15, 0.2) is 0 Å². The first-order valence-electron chi connectivity index (χ1n) is 9.92. The lowest BCUT2D eigenvalue weighted by molar-refractivity contribution is 0.337. The quantitative estimate of drug-likeness (QED) is 0.414. The highest BCUT2D eigenvalue weighted by atomic mass is 16.5. The van der Waals surface area contributed by atoms with E-state index in [1.54, 1.807) is 0 Å². The molecule has 0 aliphatic heterocycles. The van der Waals surface area contributed by atoms with Gasteiger partial charge in [0.1, 0.15) is 34.5 Å². The summed E-state index contributed by atoms with van der Waals surface area (Å²) in [6.45, 7) is 11.2. The van der Waals surface area contributed by atoms with Gasteiger partial charge in [0, 0.05) is 18.2 Å². The van der Waals surface area contributed by atoms with E-state index in [1.165, 1.54) is 0 Å². The van der Waals surface area contributed by atoms with Crippen molar-refractivity contribution in [2.45, 2.75) is 34.6 Å². The van der Waals surface area contributed by atoms with Gasteiger partial charge >= 0.3 is 0 Å². The van der Waals surface area contributed by atoms with E-state index >= 15 is 0 Å². The molecule has 0 fully saturated rings. The smallest absolute Gasteiger partial charge is 0.134 e. The fourth-order valence-electron chi connectivity index (χ4n) is 3.06. The molecule has 0 aliphatic carbocycles. The molecule has 4 heteroatoms. The van der Waals surface area contributed by atoms with E-state index < -0.39 is 0 Å². The Balaban J connectivity index is 1.84. The number of hydrogen-bond donors (Lipinski definition) is 0. The third-order valence-corrected chi connectivity index (χ3v) is 4.29. The van der Waals surface area contributed by atoms with Crippen molar-refractivity contribution in [1.82, 2.24) is 0 Å². The molecule has 0 N–H and O–H groups in total. The molecule has 0 spiro atoms. The summed E-state index contributed by atoms with van der Waals surface area (Å²) in [6, 6.07) is 17.6. The minimum absolute atomic E-state index is 0.617. The molecule has 3 rings (SSSR count). The van der Waals surface area contributed by atoms with E-state index in [9.17, 15) is 0 Å². The van der Waals surface area contributed by atoms with Gasteiger partial charge in [-0.15, -0.1) is 0 Å². The lowest BCUT2D eigenvalue weighted by Gasteiger charge is -2.14. The fraction of sp³-hybridized carbons (Fsp3) is 0.280. The van der Waals surface area contributed by atoms with Crippen molar-refractivity contribution in [3.05, 3.63) is 71.3 Å². The van der Waals surface area contributed by atoms with Gasteiger partial charge in [0.2, 0.25) is 0 Å². The molecule has 0 bridgehead atoms. The van der Waals surface area contributed by atoms with Crippen LogP contribution in [0.5, 0.6) is 34.5 Å². The second kappa shape index (κ2) is 9.37. The van der Waals surface area contributed by atoms with Gasteiger partial charge in [0.05, 0.1) is 13.2 Å². The Hall–Kier alpha value is -3.14. The van der Waals surface area contributed by atoms with Gasteiger partial charge in [-0.2, -0.15) is 0 Å². The van der Waals surface area contributed by atoms with Crippen molar-refractivity contribution >= 4 is 0 Å². The summed E-state index contributed by atoms with van der Waals surface area (Å²) < 4.78 is 23.5. The average Bonchev–Trinajstić information content (AvgIpc) is 2.64. The molecule has 0 atom stereocenters. The number of aryl methyl sites for hydroxylation is 3. The molecule has 152 valence electrons. The third-order valence-electron chi connectivity index (χ3n) is 4.29. The monoisotopic (exact) mass is 392 g/mol. The molecule has 29 heavy (non-hydrogen) atoms. The molecule has 0 heterocycles. The molecule has 0 saturated carbocycles. The Morgan fingerprint density at radius 1 is 0.552 bits per heavy atom. The van der Waals surface area contributed by atoms with Crippen molar-refractivity contribution in [1.29, 1.82) is 0 Å². The van der Waals surface area contributed by atoms with Crippen molar-refractivity contribution in [3.63, 3.8) is 0 Å². The lowest BCUT2D eigenvalue weighted by Crippen LogP contribution is -1.95. The Morgan fingerprint density at radius 2 is 1.07 bits per heavy atom. The first-order valence-corrected chi connectivity index (χ1v) is 9.92. The SMILES string of the molecule is CCOc1cc(C)cc(Oc2ccc(C)c(Oc3cc(C)cc(OCC)c3)c2)c1. The van der Waals surface area contributed by atoms with Crippen LogP contribution in [0.3, 0.4) is 0 Å². The number of hydrogen-bond acceptors (Lipinski definition) is 4. The maximum atomic E-state index is 6.16. The Morgan fingerprint density at radius 3 is 1.62 bits per heavy atom. The van der Waals surface area contributed by atoms with Crippen LogP contribution in [0.2, 0.25) is 0 Å². The molecule has 0 amide bonds. The highest BCUT2D eigenvalue weighted by molar-refractivity contribution is 5.47. The topological polar surface area (TPSA) is 36.9 Å². The van der Waals surface area contributed by atoms with Gasteiger partial charge in [0.25, 0.3) is 0 Å². The largest absolute Gasteiger partial charge is 0.494 e. The van der Waals surface area contributed by atoms with Crippen LogP contribution in [0.25, 0.3) is 0 Å². The number of ether oxygens (including phenoxy) is 4. The highest BCUT2D eigenvalue weighted by Gasteiger charge is 2.08. The maximum Gasteiger partial charge on any atom is 0.134 e. The highest BCUT2D eigenvalue weighted by Crippen LogP contribution is 2.34. The zero-order valence-electron chi connectivity index (χ0n) is 17.7. The molecule has 3 aromatic carbocycles. The Bertz CT molecular complexity index is 979. The number of rotatable bonds is 8. The van der Waals surface area contributed by atoms with Gasteiger partial charge < -0.3 is 18.9 Å². The summed E-state index contributed by atoms with van der Waals surface area (Å²) >= 11 is 0. The van der Waals surface area contributed by atoms with Crippen LogP contribution < -0.4 is 18.9 Å². The zero-order valence-corrected chi connectivity index (χ0v) is 17.7. The van der Waals surface area contributed by atoms with E-state index in [2.05, 4.69) is 0 Å². The van der Waals surface area contributed by atoms with Crippen molar-refractivity contribution in [2.75, 3.05) is 13.2 Å². The standard InChI is InChI=1S/C25H28O4/c1-6-26-21-10-17(3)12-23(14-21)28-20-9-8-19(5)25(16-20)29-24-13-18(4)11-22(15-24)27-7-2/h8-16H,6-7H2,1-5H3. The van der Waals surface area contributed by atoms with Crippen LogP contribution in [-0.2, 0) is 0 Å². The van der Waals surface area contributed by atoms with Crippen LogP contribution >= 0.6 is 0 Å². The van der Waals surface area contributed by atoms with E-state index in [4.69, 9.17) is 18.9 Å². The fourth-order valence-corrected chi connectivity index (χ4v) is 3.06. The zero-order chi connectivity index (χ0) is 20.8. The minimum Gasteiger partial charge on any atom is -0.494 e. The van der Waals surface area contributed by atoms with E-state index in [-0.39, 0.29) is 0 Å².